The largest absolute Gasteiger partial charge is 0.342 e. The Morgan fingerprint density at radius 1 is 1.05 bits per heavy atom. The van der Waals surface area contributed by atoms with Crippen molar-refractivity contribution in [2.75, 3.05) is 0 Å². The van der Waals surface area contributed by atoms with E-state index in [4.69, 9.17) is 5.73 Å². The second kappa shape index (κ2) is 5.07. The van der Waals surface area contributed by atoms with Crippen molar-refractivity contribution in [1.29, 1.82) is 0 Å². The van der Waals surface area contributed by atoms with Gasteiger partial charge in [-0.3, -0.25) is 0 Å². The fourth-order valence-corrected chi connectivity index (χ4v) is 2.15. The predicted octanol–water partition coefficient (Wildman–Crippen LogP) is 1.78. The highest BCUT2D eigenvalue weighted by atomic mass is 15.3. The fourth-order valence-electron chi connectivity index (χ4n) is 2.15. The molecule has 96 valence electrons. The van der Waals surface area contributed by atoms with E-state index in [1.165, 1.54) is 5.56 Å². The molecule has 0 amide bonds. The Hall–Kier alpha value is -2.40. The molecule has 0 spiro atoms. The van der Waals surface area contributed by atoms with Crippen molar-refractivity contribution in [3.05, 3.63) is 59.9 Å². The average molecular weight is 253 g/mol. The molecule has 3 aromatic rings. The van der Waals surface area contributed by atoms with E-state index in [2.05, 4.69) is 32.1 Å². The Morgan fingerprint density at radius 2 is 1.89 bits per heavy atom. The van der Waals surface area contributed by atoms with Crippen molar-refractivity contribution in [3.63, 3.8) is 0 Å². The van der Waals surface area contributed by atoms with Crippen molar-refractivity contribution in [3.8, 4) is 11.4 Å². The molecule has 0 fully saturated rings. The standard InChI is InChI=1S/C14H15N5/c15-9-12-14(17-18-16-12)13-7-4-8-19(13)10-11-5-2-1-3-6-11/h1-8H,9-10,15H2,(H,16,17,18). The Bertz CT molecular complexity index is 653. The molecule has 19 heavy (non-hydrogen) atoms. The van der Waals surface area contributed by atoms with Gasteiger partial charge in [0, 0.05) is 19.3 Å². The quantitative estimate of drug-likeness (QED) is 0.744. The molecular formula is C14H15N5. The highest BCUT2D eigenvalue weighted by molar-refractivity contribution is 5.57. The van der Waals surface area contributed by atoms with Crippen LogP contribution in [0.3, 0.4) is 0 Å². The van der Waals surface area contributed by atoms with Crippen molar-refractivity contribution < 1.29 is 0 Å². The lowest BCUT2D eigenvalue weighted by Gasteiger charge is -2.08. The summed E-state index contributed by atoms with van der Waals surface area (Å²) in [6.45, 7) is 1.18. The normalized spacial score (nSPS) is 10.8. The summed E-state index contributed by atoms with van der Waals surface area (Å²) >= 11 is 0. The molecule has 0 unspecified atom stereocenters. The van der Waals surface area contributed by atoms with E-state index in [0.29, 0.717) is 6.54 Å². The van der Waals surface area contributed by atoms with E-state index in [0.717, 1.165) is 23.6 Å². The number of nitrogens with one attached hydrogen (secondary N) is 1. The lowest BCUT2D eigenvalue weighted by molar-refractivity contribution is 0.809. The zero-order chi connectivity index (χ0) is 13.1. The molecule has 2 aromatic heterocycles. The fraction of sp³-hybridized carbons (Fsp3) is 0.143. The van der Waals surface area contributed by atoms with Crippen LogP contribution >= 0.6 is 0 Å². The number of H-pyrrole nitrogens is 1. The van der Waals surface area contributed by atoms with Crippen LogP contribution in [-0.4, -0.2) is 20.0 Å². The van der Waals surface area contributed by atoms with Gasteiger partial charge in [0.05, 0.1) is 5.69 Å². The van der Waals surface area contributed by atoms with Crippen LogP contribution in [0.25, 0.3) is 11.4 Å². The van der Waals surface area contributed by atoms with E-state index < -0.39 is 0 Å². The van der Waals surface area contributed by atoms with E-state index in [1.807, 2.05) is 36.5 Å². The lowest BCUT2D eigenvalue weighted by atomic mass is 10.2. The van der Waals surface area contributed by atoms with Crippen LogP contribution < -0.4 is 5.73 Å². The maximum absolute atomic E-state index is 5.67. The van der Waals surface area contributed by atoms with Gasteiger partial charge in [-0.05, 0) is 17.7 Å². The van der Waals surface area contributed by atoms with Gasteiger partial charge in [0.1, 0.15) is 11.4 Å². The minimum absolute atomic E-state index is 0.377. The Kier molecular flexibility index (Phi) is 3.12. The molecule has 3 rings (SSSR count). The smallest absolute Gasteiger partial charge is 0.133 e. The number of aromatic amines is 1. The van der Waals surface area contributed by atoms with Gasteiger partial charge < -0.3 is 10.3 Å². The summed E-state index contributed by atoms with van der Waals surface area (Å²) in [7, 11) is 0. The molecule has 0 saturated heterocycles. The van der Waals surface area contributed by atoms with Crippen LogP contribution in [0.15, 0.2) is 48.7 Å². The van der Waals surface area contributed by atoms with E-state index in [1.54, 1.807) is 0 Å². The zero-order valence-corrected chi connectivity index (χ0v) is 10.5. The van der Waals surface area contributed by atoms with Gasteiger partial charge in [-0.1, -0.05) is 30.3 Å². The van der Waals surface area contributed by atoms with Crippen molar-refractivity contribution in [2.45, 2.75) is 13.1 Å². The number of nitrogens with zero attached hydrogens (tertiary/aromatic N) is 3. The Morgan fingerprint density at radius 3 is 2.68 bits per heavy atom. The molecular weight excluding hydrogens is 238 g/mol. The van der Waals surface area contributed by atoms with Crippen molar-refractivity contribution in [1.82, 2.24) is 20.0 Å². The molecule has 0 bridgehead atoms. The maximum Gasteiger partial charge on any atom is 0.133 e. The van der Waals surface area contributed by atoms with Gasteiger partial charge >= 0.3 is 0 Å². The summed E-state index contributed by atoms with van der Waals surface area (Å²) in [6, 6.07) is 14.4. The van der Waals surface area contributed by atoms with Crippen LogP contribution in [0.5, 0.6) is 0 Å². The SMILES string of the molecule is NCc1n[nH]nc1-c1cccn1Cc1ccccc1. The summed E-state index contributed by atoms with van der Waals surface area (Å²) in [6.07, 6.45) is 2.04. The molecule has 0 saturated carbocycles. The summed E-state index contributed by atoms with van der Waals surface area (Å²) in [4.78, 5) is 0. The first kappa shape index (κ1) is 11.7. The summed E-state index contributed by atoms with van der Waals surface area (Å²) in [5.74, 6) is 0. The molecule has 2 heterocycles. The third kappa shape index (κ3) is 2.28. The molecule has 0 atom stereocenters. The first-order chi connectivity index (χ1) is 9.38. The van der Waals surface area contributed by atoms with E-state index in [9.17, 15) is 0 Å². The molecule has 3 N–H and O–H groups in total. The van der Waals surface area contributed by atoms with Crippen LogP contribution in [0.4, 0.5) is 0 Å². The lowest BCUT2D eigenvalue weighted by Crippen LogP contribution is -2.04. The summed E-state index contributed by atoms with van der Waals surface area (Å²) in [5.41, 5.74) is 9.55. The molecule has 0 radical (unpaired) electrons. The van der Waals surface area contributed by atoms with E-state index in [-0.39, 0.29) is 0 Å². The molecule has 1 aromatic carbocycles. The average Bonchev–Trinajstić information content (AvgIpc) is 3.07. The third-order valence-electron chi connectivity index (χ3n) is 3.08. The summed E-state index contributed by atoms with van der Waals surface area (Å²) in [5, 5.41) is 10.9. The topological polar surface area (TPSA) is 72.5 Å². The third-order valence-corrected chi connectivity index (χ3v) is 3.08. The number of hydrogen-bond donors (Lipinski definition) is 2. The van der Waals surface area contributed by atoms with Gasteiger partial charge in [0.15, 0.2) is 0 Å². The molecule has 0 aliphatic carbocycles. The first-order valence-electron chi connectivity index (χ1n) is 6.17. The number of nitrogens with two attached hydrogens (primary N) is 1. The van der Waals surface area contributed by atoms with Crippen LogP contribution in [0.1, 0.15) is 11.3 Å². The second-order valence-electron chi connectivity index (χ2n) is 4.33. The molecule has 5 nitrogen and oxygen atoms in total. The Labute approximate surface area is 111 Å². The summed E-state index contributed by atoms with van der Waals surface area (Å²) < 4.78 is 2.15. The predicted molar refractivity (Wildman–Crippen MR) is 73.2 cm³/mol. The van der Waals surface area contributed by atoms with Crippen LogP contribution in [0.2, 0.25) is 0 Å². The van der Waals surface area contributed by atoms with Crippen molar-refractivity contribution in [2.24, 2.45) is 5.73 Å². The highest BCUT2D eigenvalue weighted by Gasteiger charge is 2.12. The molecule has 0 aliphatic rings. The van der Waals surface area contributed by atoms with E-state index >= 15 is 0 Å². The Balaban J connectivity index is 1.95. The number of benzene rings is 1. The zero-order valence-electron chi connectivity index (χ0n) is 10.5. The van der Waals surface area contributed by atoms with Crippen LogP contribution in [-0.2, 0) is 13.1 Å². The second-order valence-corrected chi connectivity index (χ2v) is 4.33. The van der Waals surface area contributed by atoms with Gasteiger partial charge in [-0.15, -0.1) is 0 Å². The maximum atomic E-state index is 5.67. The molecule has 0 aliphatic heterocycles. The molecule has 5 heteroatoms. The van der Waals surface area contributed by atoms with Crippen molar-refractivity contribution >= 4 is 0 Å². The number of hydrogen-bond acceptors (Lipinski definition) is 3. The van der Waals surface area contributed by atoms with Gasteiger partial charge in [-0.25, -0.2) is 0 Å². The van der Waals surface area contributed by atoms with Crippen LogP contribution in [0, 0.1) is 0 Å². The van der Waals surface area contributed by atoms with Gasteiger partial charge in [0.2, 0.25) is 0 Å². The number of rotatable bonds is 4. The highest BCUT2D eigenvalue weighted by Crippen LogP contribution is 2.21. The minimum Gasteiger partial charge on any atom is -0.342 e. The first-order valence-corrected chi connectivity index (χ1v) is 6.17. The van der Waals surface area contributed by atoms with Gasteiger partial charge in [-0.2, -0.15) is 15.4 Å². The van der Waals surface area contributed by atoms with Gasteiger partial charge in [0.25, 0.3) is 0 Å². The minimum atomic E-state index is 0.377. The number of aromatic nitrogens is 4. The monoisotopic (exact) mass is 253 g/mol.